The summed E-state index contributed by atoms with van der Waals surface area (Å²) in [5.74, 6) is 2.99. The maximum atomic E-state index is 12.7. The Balaban J connectivity index is 0.00000320. The number of piperidine rings is 1. The van der Waals surface area contributed by atoms with Gasteiger partial charge in [-0.3, -0.25) is 9.79 Å². The number of amides is 1. The van der Waals surface area contributed by atoms with Crippen LogP contribution in [0.1, 0.15) is 65.7 Å². The Labute approximate surface area is 201 Å². The lowest BCUT2D eigenvalue weighted by molar-refractivity contribution is -0.134. The molecule has 0 bridgehead atoms. The molecule has 174 valence electrons. The van der Waals surface area contributed by atoms with E-state index in [0.717, 1.165) is 57.3 Å². The highest BCUT2D eigenvalue weighted by Crippen LogP contribution is 2.27. The van der Waals surface area contributed by atoms with E-state index in [-0.39, 0.29) is 29.9 Å². The van der Waals surface area contributed by atoms with Crippen LogP contribution in [0.4, 0.5) is 0 Å². The first-order chi connectivity index (χ1) is 14.0. The third-order valence-corrected chi connectivity index (χ3v) is 6.62. The Bertz CT molecular complexity index is 550. The van der Waals surface area contributed by atoms with E-state index in [4.69, 9.17) is 4.99 Å². The molecule has 1 amide bonds. The normalized spacial score (nSPS) is 26.1. The van der Waals surface area contributed by atoms with Gasteiger partial charge in [0.15, 0.2) is 5.96 Å². The van der Waals surface area contributed by atoms with Crippen molar-refractivity contribution in [1.29, 1.82) is 0 Å². The summed E-state index contributed by atoms with van der Waals surface area (Å²) < 4.78 is 0. The van der Waals surface area contributed by atoms with Gasteiger partial charge in [0.25, 0.3) is 0 Å². The fraction of sp³-hybridized carbons (Fsp3) is 0.913. The number of hydrogen-bond acceptors (Lipinski definition) is 3. The summed E-state index contributed by atoms with van der Waals surface area (Å²) in [6.45, 7) is 13.8. The SMILES string of the molecule is CCNC(=NCC1CCCN(CC(C)C)C1)NC1CCN(C(=O)C2CCCC2)C1.I. The Hall–Kier alpha value is -0.570. The number of nitrogens with one attached hydrogen (secondary N) is 2. The lowest BCUT2D eigenvalue weighted by Crippen LogP contribution is -2.46. The van der Waals surface area contributed by atoms with E-state index in [2.05, 4.69) is 41.2 Å². The molecule has 2 saturated heterocycles. The van der Waals surface area contributed by atoms with E-state index in [0.29, 0.717) is 17.9 Å². The van der Waals surface area contributed by atoms with Gasteiger partial charge in [-0.25, -0.2) is 0 Å². The molecule has 2 aliphatic heterocycles. The average molecular weight is 534 g/mol. The van der Waals surface area contributed by atoms with Crippen molar-refractivity contribution in [3.05, 3.63) is 0 Å². The topological polar surface area (TPSA) is 60.0 Å². The molecule has 2 N–H and O–H groups in total. The summed E-state index contributed by atoms with van der Waals surface area (Å²) in [6, 6.07) is 0.321. The molecule has 0 spiro atoms. The van der Waals surface area contributed by atoms with Crippen LogP contribution in [0.5, 0.6) is 0 Å². The molecule has 0 aromatic carbocycles. The van der Waals surface area contributed by atoms with Crippen LogP contribution in [-0.4, -0.2) is 73.5 Å². The van der Waals surface area contributed by atoms with Crippen LogP contribution in [0.25, 0.3) is 0 Å². The molecule has 0 aromatic rings. The largest absolute Gasteiger partial charge is 0.357 e. The maximum absolute atomic E-state index is 12.7. The third kappa shape index (κ3) is 7.84. The monoisotopic (exact) mass is 533 g/mol. The van der Waals surface area contributed by atoms with E-state index in [1.165, 1.54) is 45.3 Å². The summed E-state index contributed by atoms with van der Waals surface area (Å²) in [5.41, 5.74) is 0. The number of nitrogens with zero attached hydrogens (tertiary/aromatic N) is 3. The second-order valence-corrected chi connectivity index (χ2v) is 9.78. The lowest BCUT2D eigenvalue weighted by atomic mass is 9.97. The Kier molecular flexibility index (Phi) is 11.2. The van der Waals surface area contributed by atoms with E-state index in [1.807, 2.05) is 0 Å². The number of aliphatic imine (C=N–C) groups is 1. The molecule has 2 heterocycles. The van der Waals surface area contributed by atoms with Gasteiger partial charge in [-0.1, -0.05) is 26.7 Å². The van der Waals surface area contributed by atoms with Gasteiger partial charge in [0, 0.05) is 51.2 Å². The number of guanidine groups is 1. The first-order valence-electron chi connectivity index (χ1n) is 12.1. The Morgan fingerprint density at radius 2 is 1.83 bits per heavy atom. The van der Waals surface area contributed by atoms with Crippen LogP contribution in [0.3, 0.4) is 0 Å². The molecule has 3 fully saturated rings. The molecule has 2 unspecified atom stereocenters. The van der Waals surface area contributed by atoms with Gasteiger partial charge >= 0.3 is 0 Å². The zero-order valence-electron chi connectivity index (χ0n) is 19.4. The predicted octanol–water partition coefficient (Wildman–Crippen LogP) is 3.32. The molecule has 6 nitrogen and oxygen atoms in total. The summed E-state index contributed by atoms with van der Waals surface area (Å²) in [5, 5.41) is 7.02. The molecule has 0 radical (unpaired) electrons. The van der Waals surface area contributed by atoms with Gasteiger partial charge in [-0.05, 0) is 57.4 Å². The highest BCUT2D eigenvalue weighted by Gasteiger charge is 2.32. The van der Waals surface area contributed by atoms with Gasteiger partial charge in [-0.2, -0.15) is 0 Å². The van der Waals surface area contributed by atoms with Crippen LogP contribution < -0.4 is 10.6 Å². The van der Waals surface area contributed by atoms with E-state index < -0.39 is 0 Å². The molecule has 1 aliphatic carbocycles. The number of carbonyl (C=O) groups is 1. The van der Waals surface area contributed by atoms with Crippen molar-refractivity contribution >= 4 is 35.8 Å². The highest BCUT2D eigenvalue weighted by molar-refractivity contribution is 14.0. The minimum atomic E-state index is 0. The second kappa shape index (κ2) is 13.1. The number of likely N-dealkylation sites (tertiary alicyclic amines) is 2. The molecule has 7 heteroatoms. The first kappa shape index (κ1) is 25.7. The summed E-state index contributed by atoms with van der Waals surface area (Å²) in [6.07, 6.45) is 8.22. The van der Waals surface area contributed by atoms with Crippen LogP contribution in [0, 0.1) is 17.8 Å². The molecule has 30 heavy (non-hydrogen) atoms. The average Bonchev–Trinajstić information content (AvgIpc) is 3.38. The number of halogens is 1. The van der Waals surface area contributed by atoms with Crippen molar-refractivity contribution in [2.45, 2.75) is 71.8 Å². The van der Waals surface area contributed by atoms with Crippen molar-refractivity contribution in [3.8, 4) is 0 Å². The lowest BCUT2D eigenvalue weighted by Gasteiger charge is -2.33. The van der Waals surface area contributed by atoms with Crippen LogP contribution in [0.2, 0.25) is 0 Å². The van der Waals surface area contributed by atoms with Crippen LogP contribution >= 0.6 is 24.0 Å². The zero-order chi connectivity index (χ0) is 20.6. The Morgan fingerprint density at radius 3 is 2.53 bits per heavy atom. The van der Waals surface area contributed by atoms with Crippen molar-refractivity contribution in [2.75, 3.05) is 45.8 Å². The van der Waals surface area contributed by atoms with Gasteiger partial charge < -0.3 is 20.4 Å². The summed E-state index contributed by atoms with van der Waals surface area (Å²) in [7, 11) is 0. The van der Waals surface area contributed by atoms with E-state index in [1.54, 1.807) is 0 Å². The summed E-state index contributed by atoms with van der Waals surface area (Å²) >= 11 is 0. The van der Waals surface area contributed by atoms with Gasteiger partial charge in [0.1, 0.15) is 0 Å². The fourth-order valence-corrected chi connectivity index (χ4v) is 5.23. The predicted molar refractivity (Wildman–Crippen MR) is 135 cm³/mol. The minimum absolute atomic E-state index is 0. The third-order valence-electron chi connectivity index (χ3n) is 6.62. The molecular formula is C23H44IN5O. The van der Waals surface area contributed by atoms with E-state index in [9.17, 15) is 4.79 Å². The van der Waals surface area contributed by atoms with Gasteiger partial charge in [0.05, 0.1) is 0 Å². The number of hydrogen-bond donors (Lipinski definition) is 2. The van der Waals surface area contributed by atoms with Crippen molar-refractivity contribution < 1.29 is 4.79 Å². The number of rotatable bonds is 7. The summed E-state index contributed by atoms with van der Waals surface area (Å²) in [4.78, 5) is 22.3. The highest BCUT2D eigenvalue weighted by atomic mass is 127. The molecular weight excluding hydrogens is 489 g/mol. The van der Waals surface area contributed by atoms with Crippen molar-refractivity contribution in [2.24, 2.45) is 22.7 Å². The van der Waals surface area contributed by atoms with Crippen LogP contribution in [0.15, 0.2) is 4.99 Å². The first-order valence-corrected chi connectivity index (χ1v) is 12.1. The standard InChI is InChI=1S/C23H43N5O.HI/c1-4-24-23(25-14-19-8-7-12-27(16-19)15-18(2)3)26-21-11-13-28(17-21)22(29)20-9-5-6-10-20;/h18-21H,4-17H2,1-3H3,(H2,24,25,26);1H. The van der Waals surface area contributed by atoms with Crippen molar-refractivity contribution in [3.63, 3.8) is 0 Å². The Morgan fingerprint density at radius 1 is 1.07 bits per heavy atom. The minimum Gasteiger partial charge on any atom is -0.357 e. The quantitative estimate of drug-likeness (QED) is 0.300. The van der Waals surface area contributed by atoms with E-state index >= 15 is 0 Å². The molecule has 1 saturated carbocycles. The van der Waals surface area contributed by atoms with Gasteiger partial charge in [0.2, 0.25) is 5.91 Å². The van der Waals surface area contributed by atoms with Crippen molar-refractivity contribution in [1.82, 2.24) is 20.4 Å². The molecule has 0 aromatic heterocycles. The van der Waals surface area contributed by atoms with Crippen LogP contribution in [-0.2, 0) is 4.79 Å². The second-order valence-electron chi connectivity index (χ2n) is 9.78. The maximum Gasteiger partial charge on any atom is 0.225 e. The zero-order valence-corrected chi connectivity index (χ0v) is 21.7. The molecule has 2 atom stereocenters. The number of carbonyl (C=O) groups excluding carboxylic acids is 1. The molecule has 3 aliphatic rings. The molecule has 3 rings (SSSR count). The fourth-order valence-electron chi connectivity index (χ4n) is 5.23. The smallest absolute Gasteiger partial charge is 0.225 e. The van der Waals surface area contributed by atoms with Gasteiger partial charge in [-0.15, -0.1) is 24.0 Å².